The molecule has 0 unspecified atom stereocenters. The van der Waals surface area contributed by atoms with Crippen molar-refractivity contribution in [2.45, 2.75) is 26.3 Å². The minimum atomic E-state index is -0.194. The maximum atomic E-state index is 13.5. The van der Waals surface area contributed by atoms with Crippen molar-refractivity contribution in [2.75, 3.05) is 26.2 Å². The van der Waals surface area contributed by atoms with Crippen molar-refractivity contribution < 1.29 is 14.3 Å². The lowest BCUT2D eigenvalue weighted by atomic mass is 10.00. The van der Waals surface area contributed by atoms with Crippen LogP contribution in [0.1, 0.15) is 38.0 Å². The number of thiophene rings is 1. The van der Waals surface area contributed by atoms with E-state index in [0.717, 1.165) is 23.3 Å². The first-order valence-electron chi connectivity index (χ1n) is 11.5. The first kappa shape index (κ1) is 23.8. The number of nitrogens with zero attached hydrogens (tertiary/aromatic N) is 2. The number of carbonyl (C=O) groups excluding carboxylic acids is 2. The molecule has 3 aromatic rings. The van der Waals surface area contributed by atoms with E-state index in [9.17, 15) is 9.59 Å². The summed E-state index contributed by atoms with van der Waals surface area (Å²) in [6, 6.07) is 17.1. The minimum Gasteiger partial charge on any atom is -0.491 e. The van der Waals surface area contributed by atoms with Crippen molar-refractivity contribution >= 4 is 23.2 Å². The van der Waals surface area contributed by atoms with Crippen LogP contribution in [0.4, 0.5) is 0 Å². The van der Waals surface area contributed by atoms with E-state index < -0.39 is 0 Å². The lowest BCUT2D eigenvalue weighted by molar-refractivity contribution is -0.135. The van der Waals surface area contributed by atoms with E-state index in [1.165, 1.54) is 10.4 Å². The second-order valence-corrected chi connectivity index (χ2v) is 9.57. The van der Waals surface area contributed by atoms with E-state index in [1.54, 1.807) is 34.4 Å². The summed E-state index contributed by atoms with van der Waals surface area (Å²) in [5.41, 5.74) is 3.96. The van der Waals surface area contributed by atoms with Crippen molar-refractivity contribution in [3.05, 3.63) is 99.8 Å². The van der Waals surface area contributed by atoms with Crippen LogP contribution >= 0.6 is 11.3 Å². The van der Waals surface area contributed by atoms with E-state index in [4.69, 9.17) is 4.74 Å². The first-order valence-corrected chi connectivity index (χ1v) is 12.4. The second-order valence-electron chi connectivity index (χ2n) is 8.57. The summed E-state index contributed by atoms with van der Waals surface area (Å²) >= 11 is 1.72. The van der Waals surface area contributed by atoms with E-state index in [1.807, 2.05) is 42.2 Å². The van der Waals surface area contributed by atoms with Gasteiger partial charge in [0.25, 0.3) is 5.91 Å². The number of fused-ring (bicyclic) bond motifs is 1. The molecular weight excluding hydrogens is 444 g/mol. The molecule has 0 bridgehead atoms. The van der Waals surface area contributed by atoms with Gasteiger partial charge in [0.1, 0.15) is 18.9 Å². The fraction of sp³-hybridized carbons (Fsp3) is 0.286. The van der Waals surface area contributed by atoms with Crippen LogP contribution in [0.15, 0.2) is 72.6 Å². The number of hydrogen-bond donors (Lipinski definition) is 0. The Bertz CT molecular complexity index is 1170. The topological polar surface area (TPSA) is 49.9 Å². The van der Waals surface area contributed by atoms with Gasteiger partial charge in [-0.1, -0.05) is 42.0 Å². The van der Waals surface area contributed by atoms with E-state index >= 15 is 0 Å². The SMILES string of the molecule is C=CCN(CC(=O)N1CCc2sccc2[C@@H]1COc1ccc(C)cc1C)C(=O)c1ccccc1. The smallest absolute Gasteiger partial charge is 0.254 e. The van der Waals surface area contributed by atoms with E-state index in [0.29, 0.717) is 25.3 Å². The van der Waals surface area contributed by atoms with Crippen LogP contribution in [0.5, 0.6) is 5.75 Å². The Morgan fingerprint density at radius 3 is 2.71 bits per heavy atom. The average Bonchev–Trinajstić information content (AvgIpc) is 3.32. The highest BCUT2D eigenvalue weighted by atomic mass is 32.1. The normalized spacial score (nSPS) is 14.9. The molecule has 6 heteroatoms. The average molecular weight is 475 g/mol. The molecule has 1 aliphatic heterocycles. The highest BCUT2D eigenvalue weighted by molar-refractivity contribution is 7.10. The van der Waals surface area contributed by atoms with Crippen LogP contribution < -0.4 is 4.74 Å². The Balaban J connectivity index is 1.53. The minimum absolute atomic E-state index is 0.000717. The summed E-state index contributed by atoms with van der Waals surface area (Å²) in [4.78, 5) is 31.3. The summed E-state index contributed by atoms with van der Waals surface area (Å²) in [6.45, 7) is 9.14. The van der Waals surface area contributed by atoms with Gasteiger partial charge in [-0.25, -0.2) is 0 Å². The summed E-state index contributed by atoms with van der Waals surface area (Å²) in [7, 11) is 0. The Kier molecular flexibility index (Phi) is 7.48. The van der Waals surface area contributed by atoms with E-state index in [-0.39, 0.29) is 24.4 Å². The maximum absolute atomic E-state index is 13.5. The largest absolute Gasteiger partial charge is 0.491 e. The van der Waals surface area contributed by atoms with Gasteiger partial charge < -0.3 is 14.5 Å². The Morgan fingerprint density at radius 1 is 1.18 bits per heavy atom. The highest BCUT2D eigenvalue weighted by Crippen LogP contribution is 2.34. The molecule has 2 aromatic carbocycles. The van der Waals surface area contributed by atoms with Gasteiger partial charge in [0, 0.05) is 23.5 Å². The van der Waals surface area contributed by atoms with Crippen LogP contribution in [-0.2, 0) is 11.2 Å². The number of hydrogen-bond acceptors (Lipinski definition) is 4. The molecule has 0 fully saturated rings. The summed E-state index contributed by atoms with van der Waals surface area (Å²) in [5, 5.41) is 2.08. The molecule has 1 aromatic heterocycles. The molecular formula is C28H30N2O3S. The summed E-state index contributed by atoms with van der Waals surface area (Å²) in [6.07, 6.45) is 2.47. The molecule has 0 aliphatic carbocycles. The number of ether oxygens (including phenoxy) is 1. The molecule has 0 saturated heterocycles. The lowest BCUT2D eigenvalue weighted by Crippen LogP contribution is -2.47. The zero-order valence-corrected chi connectivity index (χ0v) is 20.5. The standard InChI is InChI=1S/C28H30N2O3S/c1-4-14-29(28(32)22-8-6-5-7-9-22)18-27(31)30-15-12-26-23(13-16-34-26)24(30)19-33-25-11-10-20(2)17-21(25)3/h4-11,13,16-17,24H,1,12,14-15,18-19H2,2-3H3/t24-/m0/s1. The van der Waals surface area contributed by atoms with Crippen molar-refractivity contribution in [3.8, 4) is 5.75 Å². The molecule has 0 N–H and O–H groups in total. The summed E-state index contributed by atoms with van der Waals surface area (Å²) < 4.78 is 6.22. The zero-order chi connectivity index (χ0) is 24.1. The van der Waals surface area contributed by atoms with Gasteiger partial charge in [-0.3, -0.25) is 9.59 Å². The second kappa shape index (κ2) is 10.7. The van der Waals surface area contributed by atoms with Crippen LogP contribution in [0.3, 0.4) is 0 Å². The fourth-order valence-corrected chi connectivity index (χ4v) is 5.33. The van der Waals surface area contributed by atoms with Gasteiger partial charge in [0.15, 0.2) is 0 Å². The number of amides is 2. The van der Waals surface area contributed by atoms with Crippen LogP contribution in [-0.4, -0.2) is 47.9 Å². The van der Waals surface area contributed by atoms with Gasteiger partial charge in [0.2, 0.25) is 5.91 Å². The molecule has 4 rings (SSSR count). The predicted octanol–water partition coefficient (Wildman–Crippen LogP) is 5.20. The molecule has 34 heavy (non-hydrogen) atoms. The van der Waals surface area contributed by atoms with Crippen LogP contribution in [0.25, 0.3) is 0 Å². The van der Waals surface area contributed by atoms with Crippen molar-refractivity contribution in [3.63, 3.8) is 0 Å². The van der Waals surface area contributed by atoms with E-state index in [2.05, 4.69) is 31.0 Å². The third kappa shape index (κ3) is 5.23. The lowest BCUT2D eigenvalue weighted by Gasteiger charge is -2.37. The van der Waals surface area contributed by atoms with Gasteiger partial charge >= 0.3 is 0 Å². The number of carbonyl (C=O) groups is 2. The Labute approximate surface area is 205 Å². The fourth-order valence-electron chi connectivity index (χ4n) is 4.40. The van der Waals surface area contributed by atoms with Crippen LogP contribution in [0.2, 0.25) is 0 Å². The van der Waals surface area contributed by atoms with Crippen molar-refractivity contribution in [1.29, 1.82) is 0 Å². The number of rotatable bonds is 8. The zero-order valence-electron chi connectivity index (χ0n) is 19.7. The molecule has 2 amide bonds. The highest BCUT2D eigenvalue weighted by Gasteiger charge is 2.33. The quantitative estimate of drug-likeness (QED) is 0.422. The van der Waals surface area contributed by atoms with Gasteiger partial charge in [0.05, 0.1) is 6.04 Å². The molecule has 0 saturated carbocycles. The molecule has 0 radical (unpaired) electrons. The Morgan fingerprint density at radius 2 is 1.97 bits per heavy atom. The van der Waals surface area contributed by atoms with Crippen molar-refractivity contribution in [1.82, 2.24) is 9.80 Å². The molecule has 1 atom stereocenters. The number of aryl methyl sites for hydroxylation is 2. The summed E-state index contributed by atoms with van der Waals surface area (Å²) in [5.74, 6) is 0.565. The van der Waals surface area contributed by atoms with Gasteiger partial charge in [-0.15, -0.1) is 17.9 Å². The molecule has 0 spiro atoms. The third-order valence-corrected chi connectivity index (χ3v) is 7.12. The predicted molar refractivity (Wildman–Crippen MR) is 136 cm³/mol. The van der Waals surface area contributed by atoms with Gasteiger partial charge in [-0.2, -0.15) is 0 Å². The first-order chi connectivity index (χ1) is 16.5. The monoisotopic (exact) mass is 474 g/mol. The molecule has 1 aliphatic rings. The third-order valence-electron chi connectivity index (χ3n) is 6.13. The molecule has 5 nitrogen and oxygen atoms in total. The maximum Gasteiger partial charge on any atom is 0.254 e. The Hall–Kier alpha value is -3.38. The van der Waals surface area contributed by atoms with Crippen LogP contribution in [0, 0.1) is 13.8 Å². The van der Waals surface area contributed by atoms with Crippen molar-refractivity contribution in [2.24, 2.45) is 0 Å². The number of benzene rings is 2. The molecule has 2 heterocycles. The van der Waals surface area contributed by atoms with Gasteiger partial charge in [-0.05, 0) is 61.0 Å². The molecule has 176 valence electrons.